The van der Waals surface area contributed by atoms with Crippen LogP contribution in [0.25, 0.3) is 11.3 Å². The first-order valence-corrected chi connectivity index (χ1v) is 8.91. The van der Waals surface area contributed by atoms with Gasteiger partial charge in [-0.3, -0.25) is 0 Å². The van der Waals surface area contributed by atoms with E-state index in [1.54, 1.807) is 46.8 Å². The van der Waals surface area contributed by atoms with Gasteiger partial charge in [0, 0.05) is 35.1 Å². The zero-order valence-corrected chi connectivity index (χ0v) is 17.8. The van der Waals surface area contributed by atoms with Crippen molar-refractivity contribution >= 4 is 24.0 Å². The molecule has 1 aliphatic rings. The maximum absolute atomic E-state index is 5.84. The smallest absolute Gasteiger partial charge is 0.227 e. The van der Waals surface area contributed by atoms with Gasteiger partial charge in [-0.1, -0.05) is 6.07 Å². The normalized spacial score (nSPS) is 11.2. The number of ether oxygens (including phenoxy) is 5. The molecule has 1 aliphatic heterocycles. The third kappa shape index (κ3) is 3.73. The number of nitrogens with zero attached hydrogens (tertiary/aromatic N) is 2. The molecule has 0 spiro atoms. The summed E-state index contributed by atoms with van der Waals surface area (Å²) < 4.78 is 27.4. The van der Waals surface area contributed by atoms with E-state index in [0.29, 0.717) is 47.0 Å². The lowest BCUT2D eigenvalue weighted by Crippen LogP contribution is -2.10. The molecule has 0 unspecified atom stereocenters. The topological polar surface area (TPSA) is 84.0 Å². The number of hydrogen-bond donors (Lipinski definition) is 1. The van der Waals surface area contributed by atoms with Gasteiger partial charge in [0.05, 0.1) is 34.1 Å². The van der Waals surface area contributed by atoms with Crippen molar-refractivity contribution in [2.75, 3.05) is 33.8 Å². The van der Waals surface area contributed by atoms with Crippen molar-refractivity contribution in [3.05, 3.63) is 42.1 Å². The molecule has 4 rings (SSSR count). The molecule has 2 heterocycles. The third-order valence-electron chi connectivity index (χ3n) is 4.61. The SMILES string of the molecule is COc1cc(Nc2ncc3c(n2)-c2cccc(OC)c2OC3)cc(OC)c1OC.Cl. The van der Waals surface area contributed by atoms with E-state index in [0.717, 1.165) is 16.8 Å². The summed E-state index contributed by atoms with van der Waals surface area (Å²) >= 11 is 0. The Morgan fingerprint density at radius 1 is 0.933 bits per heavy atom. The van der Waals surface area contributed by atoms with Crippen molar-refractivity contribution in [1.82, 2.24) is 9.97 Å². The number of methoxy groups -OCH3 is 4. The van der Waals surface area contributed by atoms with E-state index in [1.165, 1.54) is 0 Å². The van der Waals surface area contributed by atoms with Crippen LogP contribution in [0.3, 0.4) is 0 Å². The van der Waals surface area contributed by atoms with Gasteiger partial charge in [0.1, 0.15) is 6.61 Å². The van der Waals surface area contributed by atoms with Gasteiger partial charge >= 0.3 is 0 Å². The van der Waals surface area contributed by atoms with Gasteiger partial charge in [0.15, 0.2) is 23.0 Å². The van der Waals surface area contributed by atoms with Gasteiger partial charge in [0.2, 0.25) is 11.7 Å². The van der Waals surface area contributed by atoms with E-state index >= 15 is 0 Å². The highest BCUT2D eigenvalue weighted by molar-refractivity contribution is 5.85. The summed E-state index contributed by atoms with van der Waals surface area (Å²) in [6, 6.07) is 9.31. The molecule has 0 saturated heterocycles. The Balaban J connectivity index is 0.00000256. The van der Waals surface area contributed by atoms with Crippen LogP contribution >= 0.6 is 12.4 Å². The second kappa shape index (κ2) is 8.96. The molecular weight excluding hydrogens is 410 g/mol. The first-order valence-electron chi connectivity index (χ1n) is 8.91. The van der Waals surface area contributed by atoms with Crippen molar-refractivity contribution < 1.29 is 23.7 Å². The van der Waals surface area contributed by atoms with Gasteiger partial charge < -0.3 is 29.0 Å². The summed E-state index contributed by atoms with van der Waals surface area (Å²) in [5.41, 5.74) is 3.27. The zero-order valence-electron chi connectivity index (χ0n) is 17.0. The van der Waals surface area contributed by atoms with Crippen LogP contribution in [0.2, 0.25) is 0 Å². The van der Waals surface area contributed by atoms with Crippen molar-refractivity contribution in [2.24, 2.45) is 0 Å². The number of rotatable bonds is 6. The number of benzene rings is 2. The average molecular weight is 432 g/mol. The third-order valence-corrected chi connectivity index (χ3v) is 4.61. The molecule has 0 fully saturated rings. The van der Waals surface area contributed by atoms with E-state index in [-0.39, 0.29) is 12.4 Å². The lowest BCUT2D eigenvalue weighted by Gasteiger charge is -2.22. The Morgan fingerprint density at radius 2 is 1.63 bits per heavy atom. The first kappa shape index (κ1) is 21.3. The summed E-state index contributed by atoms with van der Waals surface area (Å²) in [6.45, 7) is 0.382. The molecule has 8 nitrogen and oxygen atoms in total. The number of nitrogens with one attached hydrogen (secondary N) is 1. The highest BCUT2D eigenvalue weighted by Gasteiger charge is 2.23. The van der Waals surface area contributed by atoms with Crippen LogP contribution in [-0.2, 0) is 6.61 Å². The molecule has 1 N–H and O–H groups in total. The van der Waals surface area contributed by atoms with E-state index < -0.39 is 0 Å². The van der Waals surface area contributed by atoms with Crippen LogP contribution in [0, 0.1) is 0 Å². The fourth-order valence-corrected chi connectivity index (χ4v) is 3.25. The molecule has 9 heteroatoms. The minimum atomic E-state index is 0. The summed E-state index contributed by atoms with van der Waals surface area (Å²) in [4.78, 5) is 9.12. The lowest BCUT2D eigenvalue weighted by molar-refractivity contribution is 0.280. The molecule has 0 bridgehead atoms. The average Bonchev–Trinajstić information content (AvgIpc) is 2.77. The molecule has 0 aliphatic carbocycles. The number of hydrogen-bond acceptors (Lipinski definition) is 8. The minimum absolute atomic E-state index is 0. The first-order chi connectivity index (χ1) is 14.2. The Hall–Kier alpha value is -3.39. The second-order valence-corrected chi connectivity index (χ2v) is 6.23. The highest BCUT2D eigenvalue weighted by Crippen LogP contribution is 2.43. The largest absolute Gasteiger partial charge is 0.493 e. The fourth-order valence-electron chi connectivity index (χ4n) is 3.25. The molecule has 30 heavy (non-hydrogen) atoms. The molecule has 0 atom stereocenters. The maximum Gasteiger partial charge on any atom is 0.227 e. The van der Waals surface area contributed by atoms with Crippen LogP contribution < -0.4 is 29.0 Å². The van der Waals surface area contributed by atoms with E-state index in [2.05, 4.69) is 10.3 Å². The van der Waals surface area contributed by atoms with Crippen LogP contribution in [0.5, 0.6) is 28.7 Å². The number of anilines is 2. The number of halogens is 1. The Kier molecular flexibility index (Phi) is 6.37. The second-order valence-electron chi connectivity index (χ2n) is 6.23. The monoisotopic (exact) mass is 431 g/mol. The number of fused-ring (bicyclic) bond motifs is 3. The maximum atomic E-state index is 5.84. The van der Waals surface area contributed by atoms with Gasteiger partial charge in [-0.25, -0.2) is 9.97 Å². The molecular formula is C21H22ClN3O5. The molecule has 0 radical (unpaired) electrons. The van der Waals surface area contributed by atoms with Crippen molar-refractivity contribution in [3.8, 4) is 40.0 Å². The van der Waals surface area contributed by atoms with Crippen molar-refractivity contribution in [3.63, 3.8) is 0 Å². The van der Waals surface area contributed by atoms with Gasteiger partial charge in [-0.05, 0) is 12.1 Å². The number of para-hydroxylation sites is 1. The van der Waals surface area contributed by atoms with E-state index in [9.17, 15) is 0 Å². The minimum Gasteiger partial charge on any atom is -0.493 e. The van der Waals surface area contributed by atoms with Gasteiger partial charge in [-0.15, -0.1) is 12.4 Å². The van der Waals surface area contributed by atoms with Gasteiger partial charge in [0.25, 0.3) is 0 Å². The molecule has 0 saturated carbocycles. The molecule has 158 valence electrons. The molecule has 2 aromatic carbocycles. The zero-order chi connectivity index (χ0) is 20.4. The van der Waals surface area contributed by atoms with E-state index in [4.69, 9.17) is 28.7 Å². The Morgan fingerprint density at radius 3 is 2.27 bits per heavy atom. The van der Waals surface area contributed by atoms with Crippen LogP contribution in [-0.4, -0.2) is 38.4 Å². The summed E-state index contributed by atoms with van der Waals surface area (Å²) in [7, 11) is 6.32. The predicted molar refractivity (Wildman–Crippen MR) is 115 cm³/mol. The summed E-state index contributed by atoms with van der Waals surface area (Å²) in [6.07, 6.45) is 1.76. The summed E-state index contributed by atoms with van der Waals surface area (Å²) in [5, 5.41) is 3.20. The molecule has 1 aromatic heterocycles. The van der Waals surface area contributed by atoms with Gasteiger partial charge in [-0.2, -0.15) is 0 Å². The fraction of sp³-hybridized carbons (Fsp3) is 0.238. The van der Waals surface area contributed by atoms with E-state index in [1.807, 2.05) is 18.2 Å². The lowest BCUT2D eigenvalue weighted by atomic mass is 10.0. The van der Waals surface area contributed by atoms with Crippen molar-refractivity contribution in [1.29, 1.82) is 0 Å². The molecule has 0 amide bonds. The van der Waals surface area contributed by atoms with Crippen LogP contribution in [0.4, 0.5) is 11.6 Å². The quantitative estimate of drug-likeness (QED) is 0.620. The predicted octanol–water partition coefficient (Wildman–Crippen LogP) is 4.24. The Bertz CT molecular complexity index is 1040. The highest BCUT2D eigenvalue weighted by atomic mass is 35.5. The Labute approximate surface area is 180 Å². The van der Waals surface area contributed by atoms with Crippen molar-refractivity contribution in [2.45, 2.75) is 6.61 Å². The summed E-state index contributed by atoms with van der Waals surface area (Å²) in [5.74, 6) is 3.39. The standard InChI is InChI=1S/C21H21N3O5.ClH/c1-25-15-7-5-6-14-18-12(11-29-19(14)15)10-22-21(24-18)23-13-8-16(26-2)20(28-4)17(9-13)27-3;/h5-10H,11H2,1-4H3,(H,22,23,24);1H. The van der Waals surface area contributed by atoms with Crippen LogP contribution in [0.15, 0.2) is 36.5 Å². The number of aromatic nitrogens is 2. The molecule has 3 aromatic rings. The van der Waals surface area contributed by atoms with Crippen LogP contribution in [0.1, 0.15) is 5.56 Å².